The van der Waals surface area contributed by atoms with E-state index in [0.29, 0.717) is 11.8 Å². The second kappa shape index (κ2) is 5.00. The van der Waals surface area contributed by atoms with Crippen LogP contribution in [0.1, 0.15) is 32.6 Å². The van der Waals surface area contributed by atoms with Gasteiger partial charge >= 0.3 is 0 Å². The first kappa shape index (κ1) is 11.6. The number of hydrogen-bond donors (Lipinski definition) is 1. The third kappa shape index (κ3) is 2.46. The lowest BCUT2D eigenvalue weighted by atomic mass is 9.91. The SMILES string of the molecule is CC(N)C1CCCN(C(=O)C2CC=CC2)C1. The number of nitrogens with two attached hydrogens (primary N) is 1. The van der Waals surface area contributed by atoms with Gasteiger partial charge in [-0.2, -0.15) is 0 Å². The van der Waals surface area contributed by atoms with E-state index in [1.54, 1.807) is 0 Å². The van der Waals surface area contributed by atoms with E-state index in [4.69, 9.17) is 5.73 Å². The number of carbonyl (C=O) groups excluding carboxylic acids is 1. The highest BCUT2D eigenvalue weighted by Crippen LogP contribution is 2.25. The molecule has 3 nitrogen and oxygen atoms in total. The van der Waals surface area contributed by atoms with E-state index in [1.807, 2.05) is 4.90 Å². The van der Waals surface area contributed by atoms with Crippen molar-refractivity contribution < 1.29 is 4.79 Å². The Bertz CT molecular complexity index is 278. The van der Waals surface area contributed by atoms with Crippen LogP contribution in [0.2, 0.25) is 0 Å². The quantitative estimate of drug-likeness (QED) is 0.720. The van der Waals surface area contributed by atoms with Crippen molar-refractivity contribution in [3.63, 3.8) is 0 Å². The van der Waals surface area contributed by atoms with Crippen molar-refractivity contribution in [2.75, 3.05) is 13.1 Å². The molecule has 90 valence electrons. The third-order valence-electron chi connectivity index (χ3n) is 3.87. The van der Waals surface area contributed by atoms with Crippen LogP contribution in [0.15, 0.2) is 12.2 Å². The minimum Gasteiger partial charge on any atom is -0.342 e. The number of piperidine rings is 1. The second-order valence-corrected chi connectivity index (χ2v) is 5.19. The average molecular weight is 222 g/mol. The lowest BCUT2D eigenvalue weighted by molar-refractivity contribution is -0.137. The maximum absolute atomic E-state index is 12.2. The summed E-state index contributed by atoms with van der Waals surface area (Å²) in [4.78, 5) is 14.3. The Morgan fingerprint density at radius 3 is 2.75 bits per heavy atom. The summed E-state index contributed by atoms with van der Waals surface area (Å²) in [7, 11) is 0. The van der Waals surface area contributed by atoms with Crippen molar-refractivity contribution in [1.82, 2.24) is 4.90 Å². The van der Waals surface area contributed by atoms with Crippen LogP contribution in [0.3, 0.4) is 0 Å². The summed E-state index contributed by atoms with van der Waals surface area (Å²) in [5.74, 6) is 1.05. The molecule has 2 N–H and O–H groups in total. The highest BCUT2D eigenvalue weighted by atomic mass is 16.2. The predicted octanol–water partition coefficient (Wildman–Crippen LogP) is 1.54. The van der Waals surface area contributed by atoms with Gasteiger partial charge in [0.1, 0.15) is 0 Å². The zero-order valence-corrected chi connectivity index (χ0v) is 10.1. The van der Waals surface area contributed by atoms with Crippen molar-refractivity contribution in [2.45, 2.75) is 38.6 Å². The lowest BCUT2D eigenvalue weighted by Crippen LogP contribution is -2.46. The maximum atomic E-state index is 12.2. The Morgan fingerprint density at radius 1 is 1.44 bits per heavy atom. The summed E-state index contributed by atoms with van der Waals surface area (Å²) in [6.45, 7) is 3.85. The lowest BCUT2D eigenvalue weighted by Gasteiger charge is -2.36. The minimum atomic E-state index is 0.206. The van der Waals surface area contributed by atoms with Crippen LogP contribution in [0.5, 0.6) is 0 Å². The van der Waals surface area contributed by atoms with Crippen molar-refractivity contribution in [1.29, 1.82) is 0 Å². The summed E-state index contributed by atoms with van der Waals surface area (Å²) in [5.41, 5.74) is 5.93. The number of likely N-dealkylation sites (tertiary alicyclic amines) is 1. The molecule has 0 aromatic rings. The van der Waals surface area contributed by atoms with Gasteiger partial charge in [0, 0.05) is 25.0 Å². The molecule has 2 rings (SSSR count). The third-order valence-corrected chi connectivity index (χ3v) is 3.87. The first-order valence-corrected chi connectivity index (χ1v) is 6.38. The average Bonchev–Trinajstić information content (AvgIpc) is 2.81. The molecule has 0 bridgehead atoms. The fourth-order valence-corrected chi connectivity index (χ4v) is 2.72. The van der Waals surface area contributed by atoms with Gasteiger partial charge in [0.05, 0.1) is 0 Å². The van der Waals surface area contributed by atoms with E-state index < -0.39 is 0 Å². The molecule has 1 aliphatic heterocycles. The minimum absolute atomic E-state index is 0.206. The van der Waals surface area contributed by atoms with Gasteiger partial charge in [-0.15, -0.1) is 0 Å². The van der Waals surface area contributed by atoms with Crippen molar-refractivity contribution in [3.8, 4) is 0 Å². The molecule has 3 heteroatoms. The van der Waals surface area contributed by atoms with Crippen LogP contribution < -0.4 is 5.73 Å². The summed E-state index contributed by atoms with van der Waals surface area (Å²) in [6, 6.07) is 0.206. The molecule has 1 heterocycles. The van der Waals surface area contributed by atoms with Gasteiger partial charge in [-0.05, 0) is 38.5 Å². The van der Waals surface area contributed by atoms with E-state index in [9.17, 15) is 4.79 Å². The Morgan fingerprint density at radius 2 is 2.12 bits per heavy atom. The Balaban J connectivity index is 1.91. The molecule has 0 spiro atoms. The van der Waals surface area contributed by atoms with Crippen molar-refractivity contribution >= 4 is 5.91 Å². The van der Waals surface area contributed by atoms with Crippen molar-refractivity contribution in [2.24, 2.45) is 17.6 Å². The summed E-state index contributed by atoms with van der Waals surface area (Å²) >= 11 is 0. The number of nitrogens with zero attached hydrogens (tertiary/aromatic N) is 1. The van der Waals surface area contributed by atoms with E-state index >= 15 is 0 Å². The standard InChI is InChI=1S/C13H22N2O/c1-10(14)12-7-4-8-15(9-12)13(16)11-5-2-3-6-11/h2-3,10-12H,4-9,14H2,1H3. The molecule has 1 saturated heterocycles. The van der Waals surface area contributed by atoms with Gasteiger partial charge in [0.25, 0.3) is 0 Å². The molecule has 1 aliphatic carbocycles. The predicted molar refractivity (Wildman–Crippen MR) is 64.8 cm³/mol. The molecule has 2 aliphatic rings. The molecule has 2 unspecified atom stereocenters. The normalized spacial score (nSPS) is 28.4. The highest BCUT2D eigenvalue weighted by Gasteiger charge is 2.30. The molecule has 1 amide bonds. The van der Waals surface area contributed by atoms with Crippen LogP contribution in [0.25, 0.3) is 0 Å². The van der Waals surface area contributed by atoms with Gasteiger partial charge in [0.2, 0.25) is 5.91 Å². The molecule has 0 radical (unpaired) electrons. The number of allylic oxidation sites excluding steroid dienone is 2. The molecule has 1 fully saturated rings. The number of rotatable bonds is 2. The van der Waals surface area contributed by atoms with Crippen molar-refractivity contribution in [3.05, 3.63) is 12.2 Å². The van der Waals surface area contributed by atoms with Crippen LogP contribution in [0.4, 0.5) is 0 Å². The molecule has 0 aromatic heterocycles. The first-order chi connectivity index (χ1) is 7.68. The number of carbonyl (C=O) groups is 1. The second-order valence-electron chi connectivity index (χ2n) is 5.19. The molecular formula is C13H22N2O. The van der Waals surface area contributed by atoms with E-state index in [0.717, 1.165) is 32.4 Å². The molecule has 16 heavy (non-hydrogen) atoms. The van der Waals surface area contributed by atoms with Crippen LogP contribution in [-0.4, -0.2) is 29.9 Å². The van der Waals surface area contributed by atoms with Gasteiger partial charge in [-0.1, -0.05) is 12.2 Å². The van der Waals surface area contributed by atoms with E-state index in [1.165, 1.54) is 6.42 Å². The zero-order valence-electron chi connectivity index (χ0n) is 10.1. The highest BCUT2D eigenvalue weighted by molar-refractivity contribution is 5.79. The molecule has 0 aromatic carbocycles. The summed E-state index contributed by atoms with van der Waals surface area (Å²) in [6.07, 6.45) is 8.38. The van der Waals surface area contributed by atoms with Crippen LogP contribution in [0, 0.1) is 11.8 Å². The summed E-state index contributed by atoms with van der Waals surface area (Å²) < 4.78 is 0. The van der Waals surface area contributed by atoms with Gasteiger partial charge < -0.3 is 10.6 Å². The smallest absolute Gasteiger partial charge is 0.226 e. The largest absolute Gasteiger partial charge is 0.342 e. The fourth-order valence-electron chi connectivity index (χ4n) is 2.72. The van der Waals surface area contributed by atoms with Gasteiger partial charge in [-0.3, -0.25) is 4.79 Å². The molecule has 2 atom stereocenters. The van der Waals surface area contributed by atoms with E-state index in [-0.39, 0.29) is 12.0 Å². The Labute approximate surface area is 97.7 Å². The Kier molecular flexibility index (Phi) is 3.64. The Hall–Kier alpha value is -0.830. The fraction of sp³-hybridized carbons (Fsp3) is 0.769. The zero-order chi connectivity index (χ0) is 11.5. The van der Waals surface area contributed by atoms with Gasteiger partial charge in [-0.25, -0.2) is 0 Å². The topological polar surface area (TPSA) is 46.3 Å². The van der Waals surface area contributed by atoms with Gasteiger partial charge in [0.15, 0.2) is 0 Å². The first-order valence-electron chi connectivity index (χ1n) is 6.38. The maximum Gasteiger partial charge on any atom is 0.226 e. The number of amides is 1. The number of hydrogen-bond acceptors (Lipinski definition) is 2. The molecular weight excluding hydrogens is 200 g/mol. The molecule has 0 saturated carbocycles. The van der Waals surface area contributed by atoms with Crippen LogP contribution in [-0.2, 0) is 4.79 Å². The van der Waals surface area contributed by atoms with Crippen LogP contribution >= 0.6 is 0 Å². The summed E-state index contributed by atoms with van der Waals surface area (Å²) in [5, 5.41) is 0. The monoisotopic (exact) mass is 222 g/mol. The van der Waals surface area contributed by atoms with E-state index in [2.05, 4.69) is 19.1 Å².